The summed E-state index contributed by atoms with van der Waals surface area (Å²) in [7, 11) is 0. The van der Waals surface area contributed by atoms with Gasteiger partial charge in [-0.2, -0.15) is 0 Å². The van der Waals surface area contributed by atoms with Crippen molar-refractivity contribution in [2.45, 2.75) is 50.7 Å². The zero-order valence-corrected chi connectivity index (χ0v) is 13.8. The minimum absolute atomic E-state index is 0.106. The van der Waals surface area contributed by atoms with E-state index >= 15 is 0 Å². The number of para-hydroxylation sites is 1. The van der Waals surface area contributed by atoms with E-state index in [1.54, 1.807) is 13.8 Å². The van der Waals surface area contributed by atoms with Crippen LogP contribution in [-0.4, -0.2) is 74.9 Å². The third kappa shape index (κ3) is 4.20. The highest BCUT2D eigenvalue weighted by molar-refractivity contribution is 5.93. The lowest BCUT2D eigenvalue weighted by atomic mass is 9.99. The molecule has 1 saturated heterocycles. The van der Waals surface area contributed by atoms with E-state index in [1.807, 2.05) is 0 Å². The van der Waals surface area contributed by atoms with Crippen LogP contribution in [0.1, 0.15) is 24.2 Å². The van der Waals surface area contributed by atoms with Crippen LogP contribution in [0, 0.1) is 0 Å². The Morgan fingerprint density at radius 1 is 1.20 bits per heavy atom. The van der Waals surface area contributed by atoms with E-state index in [-0.39, 0.29) is 11.3 Å². The molecule has 9 nitrogen and oxygen atoms in total. The molecule has 140 valence electrons. The van der Waals surface area contributed by atoms with Crippen molar-refractivity contribution >= 4 is 5.97 Å². The molecule has 1 aromatic rings. The van der Waals surface area contributed by atoms with Crippen molar-refractivity contribution in [3.05, 3.63) is 23.8 Å². The highest BCUT2D eigenvalue weighted by atomic mass is 16.7. The molecule has 1 aromatic carbocycles. The minimum Gasteiger partial charge on any atom is -0.504 e. The summed E-state index contributed by atoms with van der Waals surface area (Å²) in [5.74, 6) is -1.47. The summed E-state index contributed by atoms with van der Waals surface area (Å²) in [5, 5.41) is 48.8. The Morgan fingerprint density at radius 2 is 1.88 bits per heavy atom. The van der Waals surface area contributed by atoms with E-state index in [2.05, 4.69) is 0 Å². The van der Waals surface area contributed by atoms with Gasteiger partial charge in [-0.3, -0.25) is 0 Å². The van der Waals surface area contributed by atoms with Crippen LogP contribution in [0.2, 0.25) is 0 Å². The Morgan fingerprint density at radius 3 is 2.48 bits per heavy atom. The van der Waals surface area contributed by atoms with Gasteiger partial charge >= 0.3 is 5.97 Å². The van der Waals surface area contributed by atoms with Gasteiger partial charge in [0, 0.05) is 0 Å². The second-order valence-electron chi connectivity index (χ2n) is 5.92. The van der Waals surface area contributed by atoms with Crippen LogP contribution in [0.4, 0.5) is 0 Å². The van der Waals surface area contributed by atoms with Gasteiger partial charge < -0.3 is 39.7 Å². The van der Waals surface area contributed by atoms with Gasteiger partial charge in [0.1, 0.15) is 30.0 Å². The molecule has 5 atom stereocenters. The number of rotatable bonds is 5. The average molecular weight is 358 g/mol. The van der Waals surface area contributed by atoms with Crippen molar-refractivity contribution in [1.29, 1.82) is 0 Å². The maximum Gasteiger partial charge on any atom is 0.342 e. The number of aromatic hydroxyl groups is 1. The third-order valence-corrected chi connectivity index (χ3v) is 3.64. The fourth-order valence-electron chi connectivity index (χ4n) is 2.37. The summed E-state index contributed by atoms with van der Waals surface area (Å²) < 4.78 is 15.7. The molecule has 1 fully saturated rings. The standard InChI is InChI=1S/C16H22O9/c1-7(2)23-15(22)8-4-3-5-9(18)14(8)25-16-13(21)12(20)11(19)10(6-17)24-16/h3-5,7,10-13,16-21H,6H2,1-2H3/t10-,11-,12+,13-,16+/m1/s1. The summed E-state index contributed by atoms with van der Waals surface area (Å²) in [5.41, 5.74) is -0.106. The van der Waals surface area contributed by atoms with Crippen molar-refractivity contribution in [3.8, 4) is 11.5 Å². The number of benzene rings is 1. The van der Waals surface area contributed by atoms with Gasteiger partial charge in [0.25, 0.3) is 0 Å². The van der Waals surface area contributed by atoms with Crippen LogP contribution >= 0.6 is 0 Å². The van der Waals surface area contributed by atoms with Crippen molar-refractivity contribution in [2.75, 3.05) is 6.61 Å². The number of ether oxygens (including phenoxy) is 3. The number of phenolic OH excluding ortho intramolecular Hbond substituents is 1. The van der Waals surface area contributed by atoms with E-state index in [0.29, 0.717) is 0 Å². The van der Waals surface area contributed by atoms with Crippen LogP contribution < -0.4 is 4.74 Å². The summed E-state index contributed by atoms with van der Waals surface area (Å²) in [6, 6.07) is 4.02. The Balaban J connectivity index is 2.28. The number of hydrogen-bond acceptors (Lipinski definition) is 9. The van der Waals surface area contributed by atoms with Gasteiger partial charge in [-0.25, -0.2) is 4.79 Å². The molecule has 0 aromatic heterocycles. The highest BCUT2D eigenvalue weighted by Gasteiger charge is 2.45. The van der Waals surface area contributed by atoms with Gasteiger partial charge in [-0.05, 0) is 26.0 Å². The molecular weight excluding hydrogens is 336 g/mol. The normalized spacial score (nSPS) is 29.5. The van der Waals surface area contributed by atoms with Gasteiger partial charge in [0.05, 0.1) is 12.7 Å². The Labute approximate surface area is 144 Å². The number of aliphatic hydroxyl groups is 4. The van der Waals surface area contributed by atoms with Crippen molar-refractivity contribution in [2.24, 2.45) is 0 Å². The largest absolute Gasteiger partial charge is 0.504 e. The van der Waals surface area contributed by atoms with Crippen LogP contribution in [0.5, 0.6) is 11.5 Å². The number of esters is 1. The summed E-state index contributed by atoms with van der Waals surface area (Å²) in [6.07, 6.45) is -7.99. The minimum atomic E-state index is -1.67. The first kappa shape index (κ1) is 19.4. The second-order valence-corrected chi connectivity index (χ2v) is 5.92. The first-order valence-electron chi connectivity index (χ1n) is 7.76. The van der Waals surface area contributed by atoms with Gasteiger partial charge in [-0.15, -0.1) is 0 Å². The Bertz CT molecular complexity index is 601. The SMILES string of the molecule is CC(C)OC(=O)c1cccc(O)c1O[C@@H]1O[C@H](CO)[C@@H](O)[C@H](O)[C@H]1O. The molecular formula is C16H22O9. The molecule has 0 aliphatic carbocycles. The Kier molecular flexibility index (Phi) is 6.20. The van der Waals surface area contributed by atoms with E-state index in [1.165, 1.54) is 18.2 Å². The predicted molar refractivity (Wildman–Crippen MR) is 83.1 cm³/mol. The van der Waals surface area contributed by atoms with Crippen molar-refractivity contribution in [1.82, 2.24) is 0 Å². The predicted octanol–water partition coefficient (Wildman–Crippen LogP) is -0.864. The molecule has 1 heterocycles. The molecule has 0 bridgehead atoms. The smallest absolute Gasteiger partial charge is 0.342 e. The second kappa shape index (κ2) is 7.98. The van der Waals surface area contributed by atoms with E-state index in [4.69, 9.17) is 14.2 Å². The maximum atomic E-state index is 12.1. The van der Waals surface area contributed by atoms with Crippen molar-refractivity contribution < 1.29 is 44.5 Å². The van der Waals surface area contributed by atoms with Gasteiger partial charge in [0.15, 0.2) is 11.5 Å². The first-order chi connectivity index (χ1) is 11.8. The molecule has 1 aliphatic heterocycles. The number of carbonyl (C=O) groups is 1. The van der Waals surface area contributed by atoms with E-state index < -0.39 is 55.1 Å². The molecule has 2 rings (SSSR count). The summed E-state index contributed by atoms with van der Waals surface area (Å²) in [4.78, 5) is 12.1. The summed E-state index contributed by atoms with van der Waals surface area (Å²) in [6.45, 7) is 2.67. The van der Waals surface area contributed by atoms with Crippen LogP contribution in [0.25, 0.3) is 0 Å². The lowest BCUT2D eigenvalue weighted by Crippen LogP contribution is -2.60. The number of aliphatic hydroxyl groups excluding tert-OH is 4. The van der Waals surface area contributed by atoms with Gasteiger partial charge in [-0.1, -0.05) is 6.07 Å². The highest BCUT2D eigenvalue weighted by Crippen LogP contribution is 2.34. The number of hydrogen-bond donors (Lipinski definition) is 5. The molecule has 1 aliphatic rings. The van der Waals surface area contributed by atoms with E-state index in [9.17, 15) is 30.3 Å². The number of carbonyl (C=O) groups excluding carboxylic acids is 1. The third-order valence-electron chi connectivity index (χ3n) is 3.64. The molecule has 0 amide bonds. The monoisotopic (exact) mass is 358 g/mol. The number of phenols is 1. The zero-order valence-electron chi connectivity index (χ0n) is 13.8. The topological polar surface area (TPSA) is 146 Å². The van der Waals surface area contributed by atoms with E-state index in [0.717, 1.165) is 0 Å². The van der Waals surface area contributed by atoms with Crippen LogP contribution in [0.3, 0.4) is 0 Å². The average Bonchev–Trinajstić information content (AvgIpc) is 2.56. The van der Waals surface area contributed by atoms with Crippen LogP contribution in [0.15, 0.2) is 18.2 Å². The maximum absolute atomic E-state index is 12.1. The first-order valence-corrected chi connectivity index (χ1v) is 7.76. The molecule has 0 unspecified atom stereocenters. The lowest BCUT2D eigenvalue weighted by Gasteiger charge is -2.39. The summed E-state index contributed by atoms with van der Waals surface area (Å²) >= 11 is 0. The molecule has 0 radical (unpaired) electrons. The fourth-order valence-corrected chi connectivity index (χ4v) is 2.37. The Hall–Kier alpha value is -1.91. The quantitative estimate of drug-likeness (QED) is 0.424. The lowest BCUT2D eigenvalue weighted by molar-refractivity contribution is -0.277. The zero-order chi connectivity index (χ0) is 18.7. The molecule has 9 heteroatoms. The molecule has 25 heavy (non-hydrogen) atoms. The van der Waals surface area contributed by atoms with Crippen molar-refractivity contribution in [3.63, 3.8) is 0 Å². The molecule has 5 N–H and O–H groups in total. The van der Waals surface area contributed by atoms with Gasteiger partial charge in [0.2, 0.25) is 6.29 Å². The fraction of sp³-hybridized carbons (Fsp3) is 0.562. The molecule has 0 saturated carbocycles. The van der Waals surface area contributed by atoms with Crippen LogP contribution in [-0.2, 0) is 9.47 Å². The molecule has 0 spiro atoms.